The van der Waals surface area contributed by atoms with Gasteiger partial charge < -0.3 is 0 Å². The first-order chi connectivity index (χ1) is 32.0. The number of nitrogens with one attached hydrogen (secondary N) is 2. The molecule has 10 rings (SSSR count). The Hall–Kier alpha value is -5.77. The van der Waals surface area contributed by atoms with Crippen molar-refractivity contribution in [3.05, 3.63) is 203 Å². The maximum absolute atomic E-state index is 12.9. The molecule has 2 N–H and O–H groups in total. The molecule has 0 fully saturated rings. The second-order valence-corrected chi connectivity index (χ2v) is 39.9. The predicted octanol–water partition coefficient (Wildman–Crippen LogP) is 15.0. The molecule has 2 unspecified atom stereocenters. The van der Waals surface area contributed by atoms with E-state index in [1.807, 2.05) is 0 Å². The molecule has 2 aliphatic rings. The van der Waals surface area contributed by atoms with Crippen molar-refractivity contribution < 1.29 is 25.8 Å². The van der Waals surface area contributed by atoms with Crippen LogP contribution in [-0.4, -0.2) is 17.3 Å². The summed E-state index contributed by atoms with van der Waals surface area (Å²) in [6, 6.07) is 60.1. The number of halogens is 2. The SMILES string of the molecule is CC(C)C1=Cc2c(-c3ccccc3-c3cccc4ccccc34)cccc2[CH]1[Zr]([Cl])([Cl])([B](NC=O)NC=O)[CH]1C(C(C)C)=Cc2c(-c3ccccc3-c3cccc4ccccc34)cccc21. The quantitative estimate of drug-likeness (QED) is 0.0893. The van der Waals surface area contributed by atoms with E-state index in [1.54, 1.807) is 0 Å². The molecule has 0 aliphatic heterocycles. The molecule has 0 heterocycles. The summed E-state index contributed by atoms with van der Waals surface area (Å²) >= 11 is -6.11. The predicted molar refractivity (Wildman–Crippen MR) is 277 cm³/mol. The fourth-order valence-corrected chi connectivity index (χ4v) is 32.3. The molecule has 2 aliphatic carbocycles. The van der Waals surface area contributed by atoms with Crippen LogP contribution in [0.15, 0.2) is 181 Å². The number of rotatable bonds is 13. The van der Waals surface area contributed by atoms with Crippen LogP contribution >= 0.6 is 17.0 Å². The third kappa shape index (κ3) is 7.07. The minimum atomic E-state index is -6.11. The Kier molecular flexibility index (Phi) is 11.7. The van der Waals surface area contributed by atoms with Gasteiger partial charge in [-0.15, -0.1) is 0 Å². The molecule has 0 aromatic heterocycles. The topological polar surface area (TPSA) is 58.2 Å². The number of allylic oxidation sites excluding steroid dienone is 2. The monoisotopic (exact) mass is 977 g/mol. The summed E-state index contributed by atoms with van der Waals surface area (Å²) in [6.07, 6.45) is 5.89. The fraction of sp³-hybridized carbons (Fsp3) is 0.138. The molecule has 2 amide bonds. The molecular weight excluding hydrogens is 930 g/mol. The van der Waals surface area contributed by atoms with E-state index in [9.17, 15) is 9.59 Å². The van der Waals surface area contributed by atoms with E-state index in [4.69, 9.17) is 17.0 Å². The summed E-state index contributed by atoms with van der Waals surface area (Å²) in [6.45, 7) is 8.77. The van der Waals surface area contributed by atoms with Crippen molar-refractivity contribution in [2.24, 2.45) is 11.8 Å². The van der Waals surface area contributed by atoms with Gasteiger partial charge in [0.05, 0.1) is 0 Å². The third-order valence-corrected chi connectivity index (χ3v) is 34.1. The fourth-order valence-electron chi connectivity index (χ4n) is 11.4. The van der Waals surface area contributed by atoms with E-state index in [-0.39, 0.29) is 11.8 Å². The number of amides is 2. The Morgan fingerprint density at radius 1 is 0.439 bits per heavy atom. The van der Waals surface area contributed by atoms with Gasteiger partial charge in [-0.1, -0.05) is 0 Å². The van der Waals surface area contributed by atoms with Crippen molar-refractivity contribution in [2.75, 3.05) is 0 Å². The van der Waals surface area contributed by atoms with Crippen LogP contribution in [0.3, 0.4) is 0 Å². The second-order valence-electron chi connectivity index (χ2n) is 18.5. The molecule has 4 nitrogen and oxygen atoms in total. The van der Waals surface area contributed by atoms with Gasteiger partial charge in [0.2, 0.25) is 0 Å². The molecule has 0 saturated carbocycles. The van der Waals surface area contributed by atoms with Crippen LogP contribution < -0.4 is 10.5 Å². The van der Waals surface area contributed by atoms with Crippen molar-refractivity contribution in [3.8, 4) is 44.5 Å². The van der Waals surface area contributed by atoms with Gasteiger partial charge >= 0.3 is 399 Å². The van der Waals surface area contributed by atoms with Crippen molar-refractivity contribution in [1.29, 1.82) is 0 Å². The Labute approximate surface area is 395 Å². The standard InChI is InChI=1S/2C28H23.C2H3BN2O2.2ClH.Zr/c2*1-19(2)22-17-21-11-8-16-27(28(21)18-22)26-14-6-5-13-25(26)24-15-7-10-20-9-3-4-12-23(20)24;6-1-4-3-5-2-7;;;/h2*3-19H,1-2H3;1-2H,(H-,4,5,6,7);2*1H;/q;;;;;+1/p-1. The van der Waals surface area contributed by atoms with E-state index >= 15 is 0 Å². The van der Waals surface area contributed by atoms with Crippen LogP contribution in [0.1, 0.15) is 57.2 Å². The average molecular weight is 980 g/mol. The van der Waals surface area contributed by atoms with Gasteiger partial charge in [0.1, 0.15) is 0 Å². The van der Waals surface area contributed by atoms with Crippen molar-refractivity contribution in [2.45, 2.75) is 34.9 Å². The van der Waals surface area contributed by atoms with Crippen LogP contribution in [0.5, 0.6) is 0 Å². The van der Waals surface area contributed by atoms with Crippen molar-refractivity contribution >= 4 is 68.1 Å². The Balaban J connectivity index is 1.21. The first-order valence-electron chi connectivity index (χ1n) is 22.9. The Morgan fingerprint density at radius 2 is 0.758 bits per heavy atom. The van der Waals surface area contributed by atoms with E-state index in [0.29, 0.717) is 12.8 Å². The first kappa shape index (κ1) is 44.1. The maximum atomic E-state index is 12.9. The third-order valence-electron chi connectivity index (χ3n) is 14.2. The molecule has 66 heavy (non-hydrogen) atoms. The molecular formula is C58H50BCl2N2O2Zr. The van der Waals surface area contributed by atoms with Crippen LogP contribution in [-0.2, 0) is 25.8 Å². The number of fused-ring (bicyclic) bond motifs is 4. The molecule has 0 radical (unpaired) electrons. The number of hydrogen-bond acceptors (Lipinski definition) is 2. The van der Waals surface area contributed by atoms with Crippen molar-refractivity contribution in [1.82, 2.24) is 10.5 Å². The van der Waals surface area contributed by atoms with Gasteiger partial charge in [-0.25, -0.2) is 0 Å². The van der Waals surface area contributed by atoms with E-state index < -0.39 is 27.9 Å². The molecule has 0 bridgehead atoms. The summed E-state index contributed by atoms with van der Waals surface area (Å²) in [5.41, 5.74) is 15.2. The molecule has 325 valence electrons. The van der Waals surface area contributed by atoms with Gasteiger partial charge in [0.15, 0.2) is 0 Å². The Morgan fingerprint density at radius 3 is 1.15 bits per heavy atom. The van der Waals surface area contributed by atoms with E-state index in [2.05, 4.69) is 220 Å². The minimum absolute atomic E-state index is 0.0216. The van der Waals surface area contributed by atoms with Gasteiger partial charge in [-0.2, -0.15) is 0 Å². The summed E-state index contributed by atoms with van der Waals surface area (Å²) in [5, 5.41) is 10.8. The molecule has 8 aromatic rings. The summed E-state index contributed by atoms with van der Waals surface area (Å²) < 4.78 is -2.02. The normalized spacial score (nSPS) is 16.0. The Bertz CT molecular complexity index is 3080. The van der Waals surface area contributed by atoms with E-state index in [0.717, 1.165) is 77.9 Å². The average Bonchev–Trinajstić information content (AvgIpc) is 3.96. The molecule has 2 atom stereocenters. The van der Waals surface area contributed by atoms with E-state index in [1.165, 1.54) is 21.5 Å². The number of benzene rings is 8. The van der Waals surface area contributed by atoms with Crippen LogP contribution in [0.4, 0.5) is 0 Å². The first-order valence-corrected chi connectivity index (χ1v) is 33.4. The second kappa shape index (κ2) is 17.5. The van der Waals surface area contributed by atoms with Gasteiger partial charge in [-0.3, -0.25) is 0 Å². The van der Waals surface area contributed by atoms with Crippen molar-refractivity contribution in [3.63, 3.8) is 0 Å². The zero-order valence-electron chi connectivity index (χ0n) is 37.4. The summed E-state index contributed by atoms with van der Waals surface area (Å²) in [5.74, 6) is 0.0431. The number of carbonyl (C=O) groups is 2. The number of carbonyl (C=O) groups excluding carboxylic acids is 2. The summed E-state index contributed by atoms with van der Waals surface area (Å²) in [7, 11) is 17.8. The van der Waals surface area contributed by atoms with Crippen LogP contribution in [0, 0.1) is 11.8 Å². The molecule has 8 aromatic carbocycles. The van der Waals surface area contributed by atoms with Gasteiger partial charge in [0.25, 0.3) is 0 Å². The summed E-state index contributed by atoms with van der Waals surface area (Å²) in [4.78, 5) is 25.7. The van der Waals surface area contributed by atoms with Crippen LogP contribution in [0.25, 0.3) is 78.2 Å². The van der Waals surface area contributed by atoms with Crippen LogP contribution in [0.2, 0.25) is 0 Å². The zero-order valence-corrected chi connectivity index (χ0v) is 41.4. The van der Waals surface area contributed by atoms with Gasteiger partial charge in [-0.05, 0) is 0 Å². The molecule has 0 saturated heterocycles. The number of hydrogen-bond donors (Lipinski definition) is 2. The molecule has 8 heteroatoms. The van der Waals surface area contributed by atoms with Gasteiger partial charge in [0, 0.05) is 0 Å². The molecule has 0 spiro atoms. The zero-order chi connectivity index (χ0) is 45.8.